The molecule has 3 aliphatic rings. The summed E-state index contributed by atoms with van der Waals surface area (Å²) in [6.45, 7) is -1.63. The first kappa shape index (κ1) is 56.5. The number of phenolic OH excluding ortho intramolecular Hbond substituents is 19. The fraction of sp³-hybridized carbons (Fsp3) is 0.109. The summed E-state index contributed by atoms with van der Waals surface area (Å²) in [6.07, 6.45) is -13.9. The molecule has 0 unspecified atom stereocenters. The van der Waals surface area contributed by atoms with Gasteiger partial charge < -0.3 is 134 Å². The largest absolute Gasteiger partial charge is 0.504 e. The molecule has 0 aliphatic carbocycles. The summed E-state index contributed by atoms with van der Waals surface area (Å²) < 4.78 is 45.1. The van der Waals surface area contributed by atoms with E-state index in [1.54, 1.807) is 0 Å². The Morgan fingerprint density at radius 2 is 0.685 bits per heavy atom. The number of rotatable bonds is 2. The molecule has 1 saturated heterocycles. The molecular weight excluding hydrogens is 1200 g/mol. The van der Waals surface area contributed by atoms with Crippen LogP contribution in [-0.2, 0) is 28.4 Å². The molecule has 3 aliphatic heterocycles. The Kier molecular flexibility index (Phi) is 12.2. The van der Waals surface area contributed by atoms with Gasteiger partial charge in [0.1, 0.15) is 12.7 Å². The summed E-state index contributed by atoms with van der Waals surface area (Å²) in [5, 5.41) is 206. The first-order valence-electron chi connectivity index (χ1n) is 24.7. The molecule has 7 aromatic carbocycles. The van der Waals surface area contributed by atoms with Gasteiger partial charge in [0.2, 0.25) is 46.9 Å². The third-order valence-corrected chi connectivity index (χ3v) is 14.7. The maximum Gasteiger partial charge on any atom is 0.345 e. The lowest BCUT2D eigenvalue weighted by Crippen LogP contribution is -2.63. The average Bonchev–Trinajstić information content (AvgIpc) is 0.840. The highest BCUT2D eigenvalue weighted by atomic mass is 16.7. The minimum Gasteiger partial charge on any atom is -0.504 e. The molecule has 12 rings (SSSR count). The molecule has 0 saturated carbocycles. The van der Waals surface area contributed by atoms with Gasteiger partial charge in [-0.25, -0.2) is 33.6 Å². The third-order valence-electron chi connectivity index (χ3n) is 14.7. The van der Waals surface area contributed by atoms with Crippen molar-refractivity contribution >= 4 is 62.6 Å². The summed E-state index contributed by atoms with van der Waals surface area (Å²) in [5.41, 5.74) is -19.9. The normalized spacial score (nSPS) is 18.2. The molecule has 0 radical (unpaired) electrons. The van der Waals surface area contributed by atoms with Crippen LogP contribution in [0, 0.1) is 0 Å². The van der Waals surface area contributed by atoms with E-state index < -0.39 is 282 Å². The quantitative estimate of drug-likeness (QED) is 0.0389. The molecule has 9 aromatic rings. The third kappa shape index (κ3) is 7.96. The number of esters is 5. The predicted octanol–water partition coefficient (Wildman–Crippen LogP) is 2.94. The molecule has 0 amide bonds. The lowest BCUT2D eigenvalue weighted by Gasteiger charge is -2.44. The first-order chi connectivity index (χ1) is 41.9. The van der Waals surface area contributed by atoms with Crippen LogP contribution >= 0.6 is 0 Å². The molecule has 6 bridgehead atoms. The number of cyclic esters (lactones) is 1. The van der Waals surface area contributed by atoms with E-state index in [9.17, 15) is 126 Å². The second-order valence-electron chi connectivity index (χ2n) is 19.7. The van der Waals surface area contributed by atoms with E-state index in [4.69, 9.17) is 37.3 Å². The Morgan fingerprint density at radius 1 is 0.360 bits per heavy atom. The Morgan fingerprint density at radius 3 is 1.08 bits per heavy atom. The predicted molar refractivity (Wildman–Crippen MR) is 280 cm³/mol. The molecule has 34 heteroatoms. The van der Waals surface area contributed by atoms with Crippen molar-refractivity contribution in [2.45, 2.75) is 30.7 Å². The van der Waals surface area contributed by atoms with E-state index >= 15 is 4.79 Å². The van der Waals surface area contributed by atoms with Crippen molar-refractivity contribution in [1.29, 1.82) is 0 Å². The number of fused-ring (bicyclic) bond motifs is 10. The number of carbonyl (C=O) groups is 5. The zero-order valence-electron chi connectivity index (χ0n) is 43.2. The summed E-state index contributed by atoms with van der Waals surface area (Å²) in [5.74, 6) is -38.1. The molecule has 19 N–H and O–H groups in total. The Hall–Kier alpha value is -13.0. The SMILES string of the molecule is O=C(O[C@H]1O[C@@H]2COC(=O)c3cc(O)c(O)c(O)c3-c3c(O)c(O)c4oc(=O)c5c(c(O)c(O)c6oc(=O)c3c4c65)-c3c(cc(O)c(O)c3O)C(=O)O[C@H]2[C@@H]2OC(=O)c3cc(O)c(O)c(O)c3-c3c(cc(O)c(O)c3O)C(=O)O[C@@H]12)c1cc(O)c(O)c(O)c1. The number of phenols is 19. The second-order valence-corrected chi connectivity index (χ2v) is 19.7. The Balaban J connectivity index is 1.17. The number of hydrogen-bond donors (Lipinski definition) is 19. The molecule has 2 aromatic heterocycles. The second kappa shape index (κ2) is 19.3. The van der Waals surface area contributed by atoms with Gasteiger partial charge in [-0.15, -0.1) is 0 Å². The number of aromatic hydroxyl groups is 19. The van der Waals surface area contributed by atoms with E-state index in [-0.39, 0.29) is 6.07 Å². The minimum absolute atomic E-state index is 0.236. The summed E-state index contributed by atoms with van der Waals surface area (Å²) in [6, 6.07) is 2.10. The summed E-state index contributed by atoms with van der Waals surface area (Å²) >= 11 is 0. The van der Waals surface area contributed by atoms with E-state index in [0.717, 1.165) is 0 Å². The number of hydrogen-bond acceptors (Lipinski definition) is 34. The van der Waals surface area contributed by atoms with E-state index in [0.29, 0.717) is 30.3 Å². The van der Waals surface area contributed by atoms with Gasteiger partial charge in [-0.05, 0) is 36.4 Å². The molecule has 34 nitrogen and oxygen atoms in total. The van der Waals surface area contributed by atoms with Gasteiger partial charge in [0, 0.05) is 44.2 Å². The highest BCUT2D eigenvalue weighted by molar-refractivity contribution is 6.29. The van der Waals surface area contributed by atoms with Crippen LogP contribution < -0.4 is 11.3 Å². The lowest BCUT2D eigenvalue weighted by atomic mass is 9.87. The lowest BCUT2D eigenvalue weighted by molar-refractivity contribution is -0.282. The van der Waals surface area contributed by atoms with E-state index in [1.807, 2.05) is 0 Å². The number of carbonyl (C=O) groups excluding carboxylic acids is 5. The topological polar surface area (TPSA) is 586 Å². The monoisotopic (exact) mass is 1240 g/mol. The molecular formula is C55H32O34. The van der Waals surface area contributed by atoms with Crippen LogP contribution in [0.4, 0.5) is 0 Å². The van der Waals surface area contributed by atoms with Crippen molar-refractivity contribution < 1.29 is 158 Å². The smallest absolute Gasteiger partial charge is 0.345 e. The van der Waals surface area contributed by atoms with Gasteiger partial charge in [0.15, 0.2) is 98.1 Å². The van der Waals surface area contributed by atoms with Crippen LogP contribution in [0.5, 0.6) is 109 Å². The zero-order valence-corrected chi connectivity index (χ0v) is 43.2. The number of ether oxygens (including phenoxy) is 6. The zero-order chi connectivity index (χ0) is 64.3. The molecule has 89 heavy (non-hydrogen) atoms. The highest BCUT2D eigenvalue weighted by Crippen LogP contribution is 2.59. The highest BCUT2D eigenvalue weighted by Gasteiger charge is 2.56. The van der Waals surface area contributed by atoms with E-state index in [1.165, 1.54) is 0 Å². The van der Waals surface area contributed by atoms with Crippen molar-refractivity contribution in [3.05, 3.63) is 85.1 Å². The fourth-order valence-corrected chi connectivity index (χ4v) is 10.7. The minimum atomic E-state index is -2.86. The van der Waals surface area contributed by atoms with Crippen molar-refractivity contribution in [2.75, 3.05) is 6.61 Å². The summed E-state index contributed by atoms with van der Waals surface area (Å²) in [4.78, 5) is 103. The van der Waals surface area contributed by atoms with Gasteiger partial charge in [0.25, 0.3) is 0 Å². The van der Waals surface area contributed by atoms with Crippen LogP contribution in [0.15, 0.2) is 54.8 Å². The van der Waals surface area contributed by atoms with Crippen LogP contribution in [0.3, 0.4) is 0 Å². The summed E-state index contributed by atoms with van der Waals surface area (Å²) in [7, 11) is 0. The van der Waals surface area contributed by atoms with Gasteiger partial charge in [-0.2, -0.15) is 0 Å². The fourth-order valence-electron chi connectivity index (χ4n) is 10.7. The molecule has 5 atom stereocenters. The molecule has 5 heterocycles. The van der Waals surface area contributed by atoms with Gasteiger partial charge >= 0.3 is 41.1 Å². The Labute approximate surface area is 484 Å². The van der Waals surface area contributed by atoms with Crippen LogP contribution in [0.2, 0.25) is 0 Å². The van der Waals surface area contributed by atoms with Gasteiger partial charge in [-0.1, -0.05) is 0 Å². The molecule has 0 spiro atoms. The average molecular weight is 1240 g/mol. The number of benzene rings is 7. The van der Waals surface area contributed by atoms with E-state index in [2.05, 4.69) is 0 Å². The van der Waals surface area contributed by atoms with Crippen LogP contribution in [0.25, 0.3) is 66.1 Å². The maximum absolute atomic E-state index is 15.3. The van der Waals surface area contributed by atoms with Crippen LogP contribution in [0.1, 0.15) is 51.8 Å². The van der Waals surface area contributed by atoms with Crippen molar-refractivity contribution in [1.82, 2.24) is 0 Å². The van der Waals surface area contributed by atoms with Gasteiger partial charge in [0.05, 0.1) is 38.6 Å². The molecule has 456 valence electrons. The van der Waals surface area contributed by atoms with Crippen molar-refractivity contribution in [3.8, 4) is 143 Å². The van der Waals surface area contributed by atoms with Crippen molar-refractivity contribution in [2.24, 2.45) is 0 Å². The van der Waals surface area contributed by atoms with Crippen molar-refractivity contribution in [3.63, 3.8) is 0 Å². The van der Waals surface area contributed by atoms with Gasteiger partial charge in [-0.3, -0.25) is 0 Å². The Bertz CT molecular complexity index is 4880. The maximum atomic E-state index is 15.3. The van der Waals surface area contributed by atoms with Crippen LogP contribution in [-0.4, -0.2) is 164 Å². The molecule has 1 fully saturated rings. The first-order valence-corrected chi connectivity index (χ1v) is 24.7. The standard InChI is InChI=1S/C55H32O34/c56-13-1-8(2-14(57)30(13)62)48(75)89-55-47-46(87-51(78)10-4-16(59)31(63)35(67)20(10)21-11(52(79)88-47)5-17(60)32(64)36(21)68)43-19(83-55)7-82-49(76)9-3-15(58)33(65)37(69)22(9)24-28-26-27-29(54(81)86-44(26)41(73)39(24)71)25(40(72)42(74)45(27)85-53(28)80)23-12(50(77)84-43)6-18(61)34(66)38(23)70/h1-6,19,43,46-47,55-74H,7H2/t19-,43-,46+,47-,55-/m1/s1.